The second kappa shape index (κ2) is 5.61. The third-order valence-corrected chi connectivity index (χ3v) is 2.33. The second-order valence-electron chi connectivity index (χ2n) is 3.27. The van der Waals surface area contributed by atoms with Gasteiger partial charge in [-0.1, -0.05) is 30.7 Å². The van der Waals surface area contributed by atoms with E-state index in [1.54, 1.807) is 11.0 Å². The molecule has 0 aliphatic carbocycles. The number of carboxylic acid groups (broad SMARTS) is 1. The van der Waals surface area contributed by atoms with E-state index in [0.29, 0.717) is 11.6 Å². The fourth-order valence-electron chi connectivity index (χ4n) is 1.43. The van der Waals surface area contributed by atoms with Crippen LogP contribution < -0.4 is 4.90 Å². The first-order chi connectivity index (χ1) is 7.15. The van der Waals surface area contributed by atoms with E-state index in [4.69, 9.17) is 16.7 Å². The van der Waals surface area contributed by atoms with E-state index >= 15 is 0 Å². The molecule has 1 N–H and O–H groups in total. The van der Waals surface area contributed by atoms with Crippen molar-refractivity contribution in [2.75, 3.05) is 18.0 Å². The molecule has 15 heavy (non-hydrogen) atoms. The zero-order valence-electron chi connectivity index (χ0n) is 8.61. The lowest BCUT2D eigenvalue weighted by Gasteiger charge is -2.23. The third kappa shape index (κ3) is 3.44. The summed E-state index contributed by atoms with van der Waals surface area (Å²) in [5.74, 6) is -0.844. The van der Waals surface area contributed by atoms with E-state index < -0.39 is 5.97 Å². The minimum atomic E-state index is -0.844. The fraction of sp³-hybridized carbons (Fsp3) is 0.364. The summed E-state index contributed by atoms with van der Waals surface area (Å²) in [6.45, 7) is 2.68. The maximum absolute atomic E-state index is 10.7. The van der Waals surface area contributed by atoms with Crippen molar-refractivity contribution in [3.8, 4) is 0 Å². The van der Waals surface area contributed by atoms with Gasteiger partial charge in [0.25, 0.3) is 0 Å². The molecule has 0 radical (unpaired) electrons. The Hall–Kier alpha value is -1.22. The quantitative estimate of drug-likeness (QED) is 0.841. The average molecular weight is 228 g/mol. The molecule has 0 atom stereocenters. The summed E-state index contributed by atoms with van der Waals surface area (Å²) in [6, 6.07) is 7.28. The highest BCUT2D eigenvalue weighted by atomic mass is 35.5. The Labute approximate surface area is 94.3 Å². The van der Waals surface area contributed by atoms with Crippen LogP contribution >= 0.6 is 11.6 Å². The summed E-state index contributed by atoms with van der Waals surface area (Å²) in [5, 5.41) is 9.37. The number of hydrogen-bond donors (Lipinski definition) is 1. The summed E-state index contributed by atoms with van der Waals surface area (Å²) in [4.78, 5) is 12.5. The first kappa shape index (κ1) is 11.9. The number of hydrogen-bond acceptors (Lipinski definition) is 2. The number of benzene rings is 1. The number of nitrogens with zero attached hydrogens (tertiary/aromatic N) is 1. The number of carbonyl (C=O) groups is 1. The molecule has 0 fully saturated rings. The van der Waals surface area contributed by atoms with Gasteiger partial charge in [-0.05, 0) is 18.6 Å². The predicted octanol–water partition coefficient (Wildman–Crippen LogP) is 2.64. The molecule has 0 heterocycles. The highest BCUT2D eigenvalue weighted by Crippen LogP contribution is 2.24. The van der Waals surface area contributed by atoms with Gasteiger partial charge in [-0.25, -0.2) is 0 Å². The highest BCUT2D eigenvalue weighted by molar-refractivity contribution is 6.33. The van der Waals surface area contributed by atoms with Crippen LogP contribution in [0.15, 0.2) is 24.3 Å². The topological polar surface area (TPSA) is 40.5 Å². The lowest BCUT2D eigenvalue weighted by atomic mass is 10.2. The lowest BCUT2D eigenvalue weighted by molar-refractivity contribution is -0.135. The van der Waals surface area contributed by atoms with Gasteiger partial charge in [0.05, 0.1) is 10.7 Å². The minimum Gasteiger partial charge on any atom is -0.480 e. The van der Waals surface area contributed by atoms with Crippen LogP contribution in [0.25, 0.3) is 0 Å². The Morgan fingerprint density at radius 1 is 1.47 bits per heavy atom. The molecule has 0 unspecified atom stereocenters. The molecule has 82 valence electrons. The molecule has 0 saturated heterocycles. The number of para-hydroxylation sites is 1. The van der Waals surface area contributed by atoms with Crippen molar-refractivity contribution in [1.82, 2.24) is 0 Å². The van der Waals surface area contributed by atoms with E-state index in [1.165, 1.54) is 0 Å². The molecule has 0 bridgehead atoms. The average Bonchev–Trinajstić information content (AvgIpc) is 2.17. The zero-order valence-corrected chi connectivity index (χ0v) is 9.37. The lowest BCUT2D eigenvalue weighted by Crippen LogP contribution is -2.30. The van der Waals surface area contributed by atoms with Crippen LogP contribution in [0, 0.1) is 0 Å². The maximum atomic E-state index is 10.7. The van der Waals surface area contributed by atoms with Crippen LogP contribution in [0.4, 0.5) is 5.69 Å². The molecule has 1 rings (SSSR count). The second-order valence-corrected chi connectivity index (χ2v) is 3.67. The first-order valence-electron chi connectivity index (χ1n) is 4.86. The van der Waals surface area contributed by atoms with Crippen molar-refractivity contribution in [3.63, 3.8) is 0 Å². The summed E-state index contributed by atoms with van der Waals surface area (Å²) in [7, 11) is 0. The molecule has 0 aliphatic rings. The van der Waals surface area contributed by atoms with Crippen LogP contribution in [0.1, 0.15) is 13.3 Å². The van der Waals surface area contributed by atoms with Crippen LogP contribution in [0.3, 0.4) is 0 Å². The van der Waals surface area contributed by atoms with Crippen molar-refractivity contribution in [1.29, 1.82) is 0 Å². The van der Waals surface area contributed by atoms with Gasteiger partial charge in [-0.2, -0.15) is 0 Å². The van der Waals surface area contributed by atoms with Gasteiger partial charge in [0, 0.05) is 6.54 Å². The maximum Gasteiger partial charge on any atom is 0.323 e. The SMILES string of the molecule is CCCN(CC(=O)O)c1ccccc1Cl. The Morgan fingerprint density at radius 2 is 2.13 bits per heavy atom. The Morgan fingerprint density at radius 3 is 2.67 bits per heavy atom. The molecule has 0 saturated carbocycles. The monoisotopic (exact) mass is 227 g/mol. The molecule has 0 aliphatic heterocycles. The molecular weight excluding hydrogens is 214 g/mol. The predicted molar refractivity (Wildman–Crippen MR) is 61.6 cm³/mol. The summed E-state index contributed by atoms with van der Waals surface area (Å²) >= 11 is 6.00. The number of rotatable bonds is 5. The zero-order chi connectivity index (χ0) is 11.3. The molecule has 3 nitrogen and oxygen atoms in total. The number of halogens is 1. The molecule has 0 spiro atoms. The van der Waals surface area contributed by atoms with Crippen LogP contribution in [0.5, 0.6) is 0 Å². The van der Waals surface area contributed by atoms with Gasteiger partial charge in [0.1, 0.15) is 6.54 Å². The summed E-state index contributed by atoms with van der Waals surface area (Å²) < 4.78 is 0. The van der Waals surface area contributed by atoms with Crippen LogP contribution in [-0.4, -0.2) is 24.2 Å². The van der Waals surface area contributed by atoms with E-state index in [-0.39, 0.29) is 6.54 Å². The number of aliphatic carboxylic acids is 1. The van der Waals surface area contributed by atoms with Gasteiger partial charge in [0.15, 0.2) is 0 Å². The molecule has 0 amide bonds. The molecule has 4 heteroatoms. The van der Waals surface area contributed by atoms with Gasteiger partial charge in [-0.15, -0.1) is 0 Å². The first-order valence-corrected chi connectivity index (χ1v) is 5.24. The van der Waals surface area contributed by atoms with E-state index in [9.17, 15) is 4.79 Å². The largest absolute Gasteiger partial charge is 0.480 e. The van der Waals surface area contributed by atoms with Gasteiger partial charge < -0.3 is 10.0 Å². The van der Waals surface area contributed by atoms with E-state index in [0.717, 1.165) is 12.1 Å². The molecule has 1 aromatic rings. The Balaban J connectivity index is 2.88. The number of anilines is 1. The van der Waals surface area contributed by atoms with Crippen molar-refractivity contribution in [3.05, 3.63) is 29.3 Å². The van der Waals surface area contributed by atoms with Gasteiger partial charge in [-0.3, -0.25) is 4.79 Å². The van der Waals surface area contributed by atoms with Crippen molar-refractivity contribution in [2.45, 2.75) is 13.3 Å². The molecular formula is C11H14ClNO2. The fourth-order valence-corrected chi connectivity index (χ4v) is 1.68. The van der Waals surface area contributed by atoms with Crippen molar-refractivity contribution < 1.29 is 9.90 Å². The van der Waals surface area contributed by atoms with E-state index in [1.807, 2.05) is 25.1 Å². The van der Waals surface area contributed by atoms with Crippen LogP contribution in [-0.2, 0) is 4.79 Å². The molecule has 1 aromatic carbocycles. The highest BCUT2D eigenvalue weighted by Gasteiger charge is 2.11. The van der Waals surface area contributed by atoms with E-state index in [2.05, 4.69) is 0 Å². The summed E-state index contributed by atoms with van der Waals surface area (Å²) in [5.41, 5.74) is 0.781. The van der Waals surface area contributed by atoms with Crippen LogP contribution in [0.2, 0.25) is 5.02 Å². The number of carboxylic acids is 1. The summed E-state index contributed by atoms with van der Waals surface area (Å²) in [6.07, 6.45) is 0.887. The third-order valence-electron chi connectivity index (χ3n) is 2.01. The Kier molecular flexibility index (Phi) is 4.43. The normalized spacial score (nSPS) is 10.0. The standard InChI is InChI=1S/C11H14ClNO2/c1-2-7-13(8-11(14)15)10-6-4-3-5-9(10)12/h3-6H,2,7-8H2,1H3,(H,14,15). The van der Waals surface area contributed by atoms with Crippen molar-refractivity contribution in [2.24, 2.45) is 0 Å². The molecule has 0 aromatic heterocycles. The van der Waals surface area contributed by atoms with Crippen molar-refractivity contribution >= 4 is 23.3 Å². The van der Waals surface area contributed by atoms with Gasteiger partial charge >= 0.3 is 5.97 Å². The minimum absolute atomic E-state index is 0.0163. The smallest absolute Gasteiger partial charge is 0.323 e. The Bertz CT molecular complexity index is 341. The van der Waals surface area contributed by atoms with Gasteiger partial charge in [0.2, 0.25) is 0 Å².